The van der Waals surface area contributed by atoms with E-state index in [-0.39, 0.29) is 17.0 Å². The molecule has 2 aliphatic rings. The Balaban J connectivity index is 1.51. The van der Waals surface area contributed by atoms with Crippen LogP contribution in [-0.4, -0.2) is 35.5 Å². The van der Waals surface area contributed by atoms with Gasteiger partial charge >= 0.3 is 5.97 Å². The van der Waals surface area contributed by atoms with Gasteiger partial charge in [-0.15, -0.1) is 0 Å². The van der Waals surface area contributed by atoms with Gasteiger partial charge in [-0.3, -0.25) is 4.79 Å². The van der Waals surface area contributed by atoms with Crippen molar-refractivity contribution in [2.24, 2.45) is 0 Å². The quantitative estimate of drug-likeness (QED) is 0.412. The van der Waals surface area contributed by atoms with Crippen molar-refractivity contribution in [3.8, 4) is 0 Å². The second kappa shape index (κ2) is 9.35. The van der Waals surface area contributed by atoms with Crippen molar-refractivity contribution in [3.05, 3.63) is 64.7 Å². The highest BCUT2D eigenvalue weighted by Gasteiger charge is 2.71. The number of amides is 1. The summed E-state index contributed by atoms with van der Waals surface area (Å²) in [5.74, 6) is 0.00417. The van der Waals surface area contributed by atoms with Gasteiger partial charge in [-0.1, -0.05) is 48.0 Å². The summed E-state index contributed by atoms with van der Waals surface area (Å²) < 4.78 is 5.69. The van der Waals surface area contributed by atoms with E-state index >= 15 is 0 Å². The Labute approximate surface area is 192 Å². The second-order valence-electron chi connectivity index (χ2n) is 9.72. The van der Waals surface area contributed by atoms with E-state index in [0.717, 1.165) is 60.4 Å². The number of ether oxygens (including phenoxy) is 1. The van der Waals surface area contributed by atoms with Crippen LogP contribution >= 0.6 is 7.26 Å². The molecular formula is C27H35NO3P+. The number of nitrogens with one attached hydrogen (secondary N) is 1. The van der Waals surface area contributed by atoms with Gasteiger partial charge in [0.1, 0.15) is 6.61 Å². The van der Waals surface area contributed by atoms with Crippen molar-refractivity contribution in [2.75, 3.05) is 23.8 Å². The van der Waals surface area contributed by atoms with E-state index in [2.05, 4.69) is 38.2 Å². The summed E-state index contributed by atoms with van der Waals surface area (Å²) in [6, 6.07) is 14.1. The molecule has 0 bridgehead atoms. The first-order chi connectivity index (χ1) is 15.4. The first-order valence-corrected chi connectivity index (χ1v) is 14.1. The van der Waals surface area contributed by atoms with Crippen molar-refractivity contribution < 1.29 is 14.3 Å². The maximum Gasteiger partial charge on any atom is 0.344 e. The van der Waals surface area contributed by atoms with Crippen molar-refractivity contribution in [2.45, 2.75) is 64.6 Å². The Bertz CT molecular complexity index is 968. The van der Waals surface area contributed by atoms with Crippen LogP contribution < -0.4 is 5.32 Å². The summed E-state index contributed by atoms with van der Waals surface area (Å²) in [5.41, 5.74) is 5.35. The number of carbonyl (C=O) groups is 2. The number of hydrogen-bond acceptors (Lipinski definition) is 3. The van der Waals surface area contributed by atoms with Crippen molar-refractivity contribution in [3.63, 3.8) is 0 Å². The van der Waals surface area contributed by atoms with E-state index in [1.807, 2.05) is 30.3 Å². The monoisotopic (exact) mass is 452 g/mol. The van der Waals surface area contributed by atoms with Crippen LogP contribution in [0.3, 0.4) is 0 Å². The maximum absolute atomic E-state index is 13.7. The van der Waals surface area contributed by atoms with Gasteiger partial charge in [0.15, 0.2) is 11.3 Å². The summed E-state index contributed by atoms with van der Waals surface area (Å²) in [7, 11) is -1.78. The van der Waals surface area contributed by atoms with Crippen LogP contribution in [0.15, 0.2) is 42.5 Å². The lowest BCUT2D eigenvalue weighted by molar-refractivity contribution is -0.141. The minimum atomic E-state index is -1.78. The van der Waals surface area contributed by atoms with E-state index in [4.69, 9.17) is 4.74 Å². The van der Waals surface area contributed by atoms with Gasteiger partial charge in [-0.2, -0.15) is 0 Å². The number of carbonyl (C=O) groups excluding carboxylic acids is 2. The lowest BCUT2D eigenvalue weighted by Crippen LogP contribution is -2.39. The first-order valence-electron chi connectivity index (χ1n) is 11.8. The zero-order chi connectivity index (χ0) is 22.8. The summed E-state index contributed by atoms with van der Waals surface area (Å²) in [4.78, 5) is 26.7. The summed E-state index contributed by atoms with van der Waals surface area (Å²) in [6.45, 7) is 6.50. The van der Waals surface area contributed by atoms with Gasteiger partial charge in [-0.25, -0.2) is 4.79 Å². The molecule has 1 aliphatic heterocycles. The molecule has 1 amide bonds. The number of esters is 1. The molecule has 2 aromatic rings. The van der Waals surface area contributed by atoms with E-state index in [1.54, 1.807) is 0 Å². The molecule has 170 valence electrons. The number of benzene rings is 2. The van der Waals surface area contributed by atoms with E-state index in [1.165, 1.54) is 12.0 Å². The number of aryl methyl sites for hydroxylation is 3. The van der Waals surface area contributed by atoms with Gasteiger partial charge in [0, 0.05) is 25.8 Å². The standard InChI is InChI=1S/C27H34NO3P/c1-20-16-21(2)25(22(3)17-20)28-26(30)27(12-13-27)32(14-8-5-9-15-32)19-24(29)31-18-23-10-6-4-7-11-23/h4,6-7,10-11,16-17H,5,8-9,12-15,18-19H2,1-3H3/p+1. The molecule has 32 heavy (non-hydrogen) atoms. The molecule has 1 aliphatic carbocycles. The Morgan fingerprint density at radius 3 is 2.19 bits per heavy atom. The third-order valence-corrected chi connectivity index (χ3v) is 13.0. The molecule has 1 saturated heterocycles. The molecule has 5 heteroatoms. The Hall–Kier alpha value is -2.19. The lowest BCUT2D eigenvalue weighted by Gasteiger charge is -2.36. The minimum absolute atomic E-state index is 0.133. The first kappa shape index (κ1) is 23.0. The molecular weight excluding hydrogens is 417 g/mol. The zero-order valence-electron chi connectivity index (χ0n) is 19.6. The van der Waals surface area contributed by atoms with Crippen LogP contribution in [0, 0.1) is 20.8 Å². The van der Waals surface area contributed by atoms with Crippen molar-refractivity contribution in [1.29, 1.82) is 0 Å². The van der Waals surface area contributed by atoms with Crippen molar-refractivity contribution in [1.82, 2.24) is 0 Å². The van der Waals surface area contributed by atoms with Gasteiger partial charge < -0.3 is 10.1 Å². The molecule has 4 nitrogen and oxygen atoms in total. The molecule has 2 aromatic carbocycles. The summed E-state index contributed by atoms with van der Waals surface area (Å²) >= 11 is 0. The van der Waals surface area contributed by atoms with Gasteiger partial charge in [0.25, 0.3) is 5.91 Å². The topological polar surface area (TPSA) is 55.4 Å². The molecule has 1 saturated carbocycles. The van der Waals surface area contributed by atoms with Gasteiger partial charge in [0.05, 0.1) is 12.3 Å². The van der Waals surface area contributed by atoms with E-state index in [9.17, 15) is 9.59 Å². The van der Waals surface area contributed by atoms with Gasteiger partial charge in [-0.05, 0) is 56.7 Å². The number of rotatable bonds is 7. The van der Waals surface area contributed by atoms with Crippen LogP contribution in [0.25, 0.3) is 0 Å². The number of anilines is 1. The highest BCUT2D eigenvalue weighted by atomic mass is 31.2. The lowest BCUT2D eigenvalue weighted by atomic mass is 10.0. The smallest absolute Gasteiger partial charge is 0.344 e. The molecule has 0 radical (unpaired) electrons. The Morgan fingerprint density at radius 1 is 0.969 bits per heavy atom. The maximum atomic E-state index is 13.7. The molecule has 1 N–H and O–H groups in total. The summed E-state index contributed by atoms with van der Waals surface area (Å²) in [6.07, 6.45) is 7.77. The van der Waals surface area contributed by atoms with Crippen LogP contribution in [-0.2, 0) is 20.9 Å². The minimum Gasteiger partial charge on any atom is -0.458 e. The predicted molar refractivity (Wildman–Crippen MR) is 133 cm³/mol. The van der Waals surface area contributed by atoms with Crippen LogP contribution in [0.4, 0.5) is 5.69 Å². The molecule has 0 atom stereocenters. The van der Waals surface area contributed by atoms with Crippen molar-refractivity contribution >= 4 is 24.8 Å². The second-order valence-corrected chi connectivity index (χ2v) is 14.1. The molecule has 4 rings (SSSR count). The molecule has 0 unspecified atom stereocenters. The fourth-order valence-corrected chi connectivity index (χ4v) is 11.0. The van der Waals surface area contributed by atoms with Crippen LogP contribution in [0.2, 0.25) is 0 Å². The predicted octanol–water partition coefficient (Wildman–Crippen LogP) is 6.03. The normalized spacial score (nSPS) is 18.6. The van der Waals surface area contributed by atoms with Gasteiger partial charge in [0.2, 0.25) is 0 Å². The number of hydrogen-bond donors (Lipinski definition) is 1. The fourth-order valence-electron chi connectivity index (χ4n) is 5.53. The molecule has 1 heterocycles. The molecule has 0 spiro atoms. The summed E-state index contributed by atoms with van der Waals surface area (Å²) in [5, 5.41) is 2.95. The highest BCUT2D eigenvalue weighted by molar-refractivity contribution is 7.79. The van der Waals surface area contributed by atoms with Crippen LogP contribution in [0.1, 0.15) is 54.4 Å². The Kier molecular flexibility index (Phi) is 6.72. The Morgan fingerprint density at radius 2 is 1.59 bits per heavy atom. The zero-order valence-corrected chi connectivity index (χ0v) is 20.5. The molecule has 2 fully saturated rings. The van der Waals surface area contributed by atoms with E-state index < -0.39 is 7.26 Å². The largest absolute Gasteiger partial charge is 0.458 e. The average molecular weight is 453 g/mol. The highest BCUT2D eigenvalue weighted by Crippen LogP contribution is 2.79. The average Bonchev–Trinajstić information content (AvgIpc) is 3.59. The SMILES string of the molecule is Cc1cc(C)c(NC(=O)C2([P+]3(CC(=O)OCc4ccccc4)CCCCC3)CC2)c(C)c1. The van der Waals surface area contributed by atoms with E-state index in [0.29, 0.717) is 12.8 Å². The third kappa shape index (κ3) is 4.62. The third-order valence-electron chi connectivity index (χ3n) is 7.32. The fraction of sp³-hybridized carbons (Fsp3) is 0.481. The molecule has 0 aromatic heterocycles. The van der Waals surface area contributed by atoms with Crippen LogP contribution in [0.5, 0.6) is 0 Å².